The number of amides is 1. The summed E-state index contributed by atoms with van der Waals surface area (Å²) in [5.41, 5.74) is 1.11. The maximum absolute atomic E-state index is 12.4. The molecule has 2 fully saturated rings. The van der Waals surface area contributed by atoms with Crippen molar-refractivity contribution in [3.8, 4) is 11.5 Å². The van der Waals surface area contributed by atoms with Gasteiger partial charge < -0.3 is 24.8 Å². The molecule has 1 unspecified atom stereocenters. The Balaban J connectivity index is 1.40. The van der Waals surface area contributed by atoms with E-state index in [1.165, 1.54) is 12.0 Å². The van der Waals surface area contributed by atoms with Crippen molar-refractivity contribution in [1.29, 1.82) is 0 Å². The molecule has 0 spiro atoms. The highest BCUT2D eigenvalue weighted by molar-refractivity contribution is 5.76. The third kappa shape index (κ3) is 3.81. The zero-order chi connectivity index (χ0) is 17.8. The van der Waals surface area contributed by atoms with Crippen LogP contribution in [0.5, 0.6) is 11.5 Å². The maximum Gasteiger partial charge on any atom is 0.231 e. The van der Waals surface area contributed by atoms with Crippen molar-refractivity contribution in [2.24, 2.45) is 5.92 Å². The van der Waals surface area contributed by atoms with Crippen LogP contribution in [0.15, 0.2) is 18.2 Å². The van der Waals surface area contributed by atoms with Crippen LogP contribution in [0.1, 0.15) is 37.7 Å². The molecule has 2 saturated heterocycles. The Kier molecular flexibility index (Phi) is 5.31. The van der Waals surface area contributed by atoms with Gasteiger partial charge in [0.1, 0.15) is 0 Å². The van der Waals surface area contributed by atoms with Crippen molar-refractivity contribution in [3.63, 3.8) is 0 Å². The summed E-state index contributed by atoms with van der Waals surface area (Å²) in [6, 6.07) is 6.16. The van der Waals surface area contributed by atoms with E-state index in [1.807, 2.05) is 6.07 Å². The molecule has 142 valence electrons. The molecule has 1 atom stereocenters. The van der Waals surface area contributed by atoms with Crippen LogP contribution in [-0.2, 0) is 14.9 Å². The zero-order valence-electron chi connectivity index (χ0n) is 15.2. The number of hydrogen-bond acceptors (Lipinski definition) is 5. The molecule has 0 aliphatic carbocycles. The van der Waals surface area contributed by atoms with Crippen molar-refractivity contribution < 1.29 is 19.0 Å². The van der Waals surface area contributed by atoms with Gasteiger partial charge in [0, 0.05) is 31.6 Å². The summed E-state index contributed by atoms with van der Waals surface area (Å²) in [6.07, 6.45) is 4.57. The van der Waals surface area contributed by atoms with E-state index in [4.69, 9.17) is 14.2 Å². The number of nitrogens with one attached hydrogen (secondary N) is 2. The van der Waals surface area contributed by atoms with Crippen molar-refractivity contribution in [3.05, 3.63) is 23.8 Å². The van der Waals surface area contributed by atoms with Crippen LogP contribution in [-0.4, -0.2) is 45.5 Å². The molecule has 4 rings (SSSR count). The van der Waals surface area contributed by atoms with Crippen molar-refractivity contribution >= 4 is 5.91 Å². The highest BCUT2D eigenvalue weighted by atomic mass is 16.7. The third-order valence-corrected chi connectivity index (χ3v) is 6.00. The first-order valence-corrected chi connectivity index (χ1v) is 9.70. The Morgan fingerprint density at radius 3 is 2.88 bits per heavy atom. The second kappa shape index (κ2) is 7.84. The summed E-state index contributed by atoms with van der Waals surface area (Å²) in [4.78, 5) is 12.4. The van der Waals surface area contributed by atoms with Gasteiger partial charge in [-0.3, -0.25) is 4.79 Å². The van der Waals surface area contributed by atoms with E-state index in [0.717, 1.165) is 57.1 Å². The largest absolute Gasteiger partial charge is 0.454 e. The standard InChI is InChI=1S/C20H28N2O4/c23-19(4-1-15-5-8-21-12-15)22-13-20(6-9-24-10-7-20)16-2-3-17-18(11-16)26-14-25-17/h2-3,11,15,21H,1,4-10,12-14H2,(H,22,23). The van der Waals surface area contributed by atoms with Gasteiger partial charge in [0.05, 0.1) is 0 Å². The van der Waals surface area contributed by atoms with Gasteiger partial charge in [-0.2, -0.15) is 0 Å². The summed E-state index contributed by atoms with van der Waals surface area (Å²) < 4.78 is 16.6. The molecule has 0 saturated carbocycles. The first kappa shape index (κ1) is 17.6. The molecule has 3 heterocycles. The van der Waals surface area contributed by atoms with Gasteiger partial charge in [-0.1, -0.05) is 6.07 Å². The Hall–Kier alpha value is -1.79. The maximum atomic E-state index is 12.4. The highest BCUT2D eigenvalue weighted by Crippen LogP contribution is 2.40. The third-order valence-electron chi connectivity index (χ3n) is 6.00. The molecule has 3 aliphatic heterocycles. The molecule has 1 amide bonds. The van der Waals surface area contributed by atoms with Crippen LogP contribution in [0.2, 0.25) is 0 Å². The summed E-state index contributed by atoms with van der Waals surface area (Å²) in [5, 5.41) is 6.56. The fraction of sp³-hybridized carbons (Fsp3) is 0.650. The normalized spacial score (nSPS) is 23.8. The minimum Gasteiger partial charge on any atom is -0.454 e. The highest BCUT2D eigenvalue weighted by Gasteiger charge is 2.36. The molecule has 0 bridgehead atoms. The SMILES string of the molecule is O=C(CCC1CCNC1)NCC1(c2ccc3c(c2)OCO3)CCOCC1. The topological polar surface area (TPSA) is 68.8 Å². The Labute approximate surface area is 154 Å². The van der Waals surface area contributed by atoms with E-state index in [-0.39, 0.29) is 18.1 Å². The molecular weight excluding hydrogens is 332 g/mol. The molecule has 3 aliphatic rings. The smallest absolute Gasteiger partial charge is 0.231 e. The van der Waals surface area contributed by atoms with E-state index in [0.29, 0.717) is 18.9 Å². The lowest BCUT2D eigenvalue weighted by atomic mass is 9.74. The van der Waals surface area contributed by atoms with E-state index >= 15 is 0 Å². The number of fused-ring (bicyclic) bond motifs is 1. The van der Waals surface area contributed by atoms with Gasteiger partial charge in [-0.05, 0) is 62.4 Å². The second-order valence-corrected chi connectivity index (χ2v) is 7.63. The molecule has 1 aromatic carbocycles. The molecule has 26 heavy (non-hydrogen) atoms. The van der Waals surface area contributed by atoms with Gasteiger partial charge in [0.2, 0.25) is 12.7 Å². The molecular formula is C20H28N2O4. The van der Waals surface area contributed by atoms with Crippen LogP contribution in [0.3, 0.4) is 0 Å². The minimum atomic E-state index is -0.0934. The average molecular weight is 360 g/mol. The molecule has 0 aromatic heterocycles. The van der Waals surface area contributed by atoms with Crippen LogP contribution in [0.25, 0.3) is 0 Å². The fourth-order valence-corrected chi connectivity index (χ4v) is 4.21. The predicted octanol–water partition coefficient (Wildman–Crippen LogP) is 1.97. The Morgan fingerprint density at radius 1 is 1.23 bits per heavy atom. The fourth-order valence-electron chi connectivity index (χ4n) is 4.21. The van der Waals surface area contributed by atoms with E-state index < -0.39 is 0 Å². The zero-order valence-corrected chi connectivity index (χ0v) is 15.2. The number of benzene rings is 1. The number of hydrogen-bond donors (Lipinski definition) is 2. The van der Waals surface area contributed by atoms with Crippen LogP contribution in [0, 0.1) is 5.92 Å². The first-order valence-electron chi connectivity index (χ1n) is 9.70. The summed E-state index contributed by atoms with van der Waals surface area (Å²) in [6.45, 7) is 4.50. The monoisotopic (exact) mass is 360 g/mol. The Bertz CT molecular complexity index is 637. The molecule has 6 nitrogen and oxygen atoms in total. The van der Waals surface area contributed by atoms with E-state index in [2.05, 4.69) is 22.8 Å². The molecule has 0 radical (unpaired) electrons. The van der Waals surface area contributed by atoms with Crippen molar-refractivity contribution in [2.45, 2.75) is 37.5 Å². The summed E-state index contributed by atoms with van der Waals surface area (Å²) >= 11 is 0. The van der Waals surface area contributed by atoms with Crippen LogP contribution in [0.4, 0.5) is 0 Å². The van der Waals surface area contributed by atoms with Crippen molar-refractivity contribution in [2.75, 3.05) is 39.6 Å². The summed E-state index contributed by atoms with van der Waals surface area (Å²) in [7, 11) is 0. The molecule has 1 aromatic rings. The lowest BCUT2D eigenvalue weighted by Gasteiger charge is -2.38. The first-order chi connectivity index (χ1) is 12.8. The number of ether oxygens (including phenoxy) is 3. The van der Waals surface area contributed by atoms with Gasteiger partial charge in [0.25, 0.3) is 0 Å². The van der Waals surface area contributed by atoms with E-state index in [9.17, 15) is 4.79 Å². The van der Waals surface area contributed by atoms with Gasteiger partial charge in [0.15, 0.2) is 11.5 Å². The van der Waals surface area contributed by atoms with Crippen LogP contribution >= 0.6 is 0 Å². The number of carbonyl (C=O) groups is 1. The number of rotatable bonds is 6. The molecule has 2 N–H and O–H groups in total. The minimum absolute atomic E-state index is 0.0934. The van der Waals surface area contributed by atoms with Crippen molar-refractivity contribution in [1.82, 2.24) is 10.6 Å². The van der Waals surface area contributed by atoms with Gasteiger partial charge >= 0.3 is 0 Å². The summed E-state index contributed by atoms with van der Waals surface area (Å²) in [5.74, 6) is 2.40. The quantitative estimate of drug-likeness (QED) is 0.812. The van der Waals surface area contributed by atoms with E-state index in [1.54, 1.807) is 0 Å². The molecule has 6 heteroatoms. The second-order valence-electron chi connectivity index (χ2n) is 7.63. The average Bonchev–Trinajstić information content (AvgIpc) is 3.36. The van der Waals surface area contributed by atoms with Gasteiger partial charge in [-0.15, -0.1) is 0 Å². The Morgan fingerprint density at radius 2 is 2.08 bits per heavy atom. The predicted molar refractivity (Wildman–Crippen MR) is 97.5 cm³/mol. The van der Waals surface area contributed by atoms with Gasteiger partial charge in [-0.25, -0.2) is 0 Å². The number of carbonyl (C=O) groups excluding carboxylic acids is 1. The lowest BCUT2D eigenvalue weighted by Crippen LogP contribution is -2.44. The van der Waals surface area contributed by atoms with Crippen LogP contribution < -0.4 is 20.1 Å². The lowest BCUT2D eigenvalue weighted by molar-refractivity contribution is -0.121.